The summed E-state index contributed by atoms with van der Waals surface area (Å²) in [6.45, 7) is 7.87. The van der Waals surface area contributed by atoms with Crippen LogP contribution in [0.5, 0.6) is 0 Å². The lowest BCUT2D eigenvalue weighted by molar-refractivity contribution is 0.0702. The average molecular weight is 305 g/mol. The van der Waals surface area contributed by atoms with E-state index in [0.29, 0.717) is 11.4 Å². The maximum absolute atomic E-state index is 12.2. The second kappa shape index (κ2) is 5.60. The summed E-state index contributed by atoms with van der Waals surface area (Å²) >= 11 is 0.970. The average Bonchev–Trinajstić information content (AvgIpc) is 2.70. The highest BCUT2D eigenvalue weighted by Gasteiger charge is 2.24. The number of sulfonamides is 1. The van der Waals surface area contributed by atoms with Crippen molar-refractivity contribution in [3.8, 4) is 0 Å². The number of carboxylic acids is 1. The molecule has 19 heavy (non-hydrogen) atoms. The first-order chi connectivity index (χ1) is 8.59. The quantitative estimate of drug-likeness (QED) is 0.845. The van der Waals surface area contributed by atoms with Crippen molar-refractivity contribution in [1.29, 1.82) is 0 Å². The molecule has 0 amide bonds. The van der Waals surface area contributed by atoms with Crippen molar-refractivity contribution in [2.24, 2.45) is 5.41 Å². The third-order valence-electron chi connectivity index (χ3n) is 3.07. The van der Waals surface area contributed by atoms with Crippen molar-refractivity contribution in [1.82, 2.24) is 4.72 Å². The summed E-state index contributed by atoms with van der Waals surface area (Å²) in [5.41, 5.74) is -0.132. The molecule has 0 aliphatic carbocycles. The van der Waals surface area contributed by atoms with Gasteiger partial charge in [-0.3, -0.25) is 0 Å². The van der Waals surface area contributed by atoms with E-state index in [9.17, 15) is 13.2 Å². The van der Waals surface area contributed by atoms with Gasteiger partial charge in [-0.05, 0) is 24.8 Å². The number of carbonyl (C=O) groups is 1. The van der Waals surface area contributed by atoms with Crippen LogP contribution in [0.2, 0.25) is 0 Å². The van der Waals surface area contributed by atoms with Crippen LogP contribution >= 0.6 is 11.3 Å². The third-order valence-corrected chi connectivity index (χ3v) is 5.77. The lowest BCUT2D eigenvalue weighted by atomic mass is 9.91. The molecular formula is C12H19NO4S2. The molecule has 0 unspecified atom stereocenters. The smallest absolute Gasteiger partial charge is 0.345 e. The topological polar surface area (TPSA) is 83.5 Å². The second-order valence-corrected chi connectivity index (χ2v) is 8.17. The van der Waals surface area contributed by atoms with Crippen LogP contribution in [0.3, 0.4) is 0 Å². The molecule has 2 N–H and O–H groups in total. The van der Waals surface area contributed by atoms with E-state index in [1.165, 1.54) is 6.07 Å². The van der Waals surface area contributed by atoms with Gasteiger partial charge in [-0.2, -0.15) is 0 Å². The van der Waals surface area contributed by atoms with Gasteiger partial charge in [0.1, 0.15) is 4.88 Å². The van der Waals surface area contributed by atoms with Gasteiger partial charge in [-0.1, -0.05) is 20.8 Å². The largest absolute Gasteiger partial charge is 0.477 e. The van der Waals surface area contributed by atoms with Crippen LogP contribution in [-0.2, 0) is 10.0 Å². The van der Waals surface area contributed by atoms with Crippen LogP contribution in [0.25, 0.3) is 0 Å². The van der Waals surface area contributed by atoms with Gasteiger partial charge in [-0.25, -0.2) is 17.9 Å². The summed E-state index contributed by atoms with van der Waals surface area (Å²) in [4.78, 5) is 11.4. The highest BCUT2D eigenvalue weighted by Crippen LogP contribution is 2.26. The lowest BCUT2D eigenvalue weighted by Crippen LogP contribution is -2.33. The van der Waals surface area contributed by atoms with E-state index in [0.717, 1.165) is 17.8 Å². The first-order valence-electron chi connectivity index (χ1n) is 5.92. The molecule has 1 heterocycles. The number of hydrogen-bond donors (Lipinski definition) is 2. The monoisotopic (exact) mass is 305 g/mol. The molecule has 1 rings (SSSR count). The van der Waals surface area contributed by atoms with E-state index in [1.807, 2.05) is 20.8 Å². The van der Waals surface area contributed by atoms with Crippen LogP contribution in [0.15, 0.2) is 11.0 Å². The van der Waals surface area contributed by atoms with Crippen molar-refractivity contribution in [2.45, 2.75) is 39.0 Å². The first kappa shape index (κ1) is 16.1. The summed E-state index contributed by atoms with van der Waals surface area (Å²) in [6.07, 6.45) is 0.846. The Bertz CT molecular complexity index is 573. The number of rotatable bonds is 6. The molecule has 0 aliphatic heterocycles. The number of carboxylic acid groups (broad SMARTS) is 1. The SMILES string of the molecule is CCC(C)(C)CNS(=O)(=O)c1cc(C(=O)O)sc1C. The van der Waals surface area contributed by atoms with Crippen molar-refractivity contribution in [3.05, 3.63) is 15.8 Å². The number of hydrogen-bond acceptors (Lipinski definition) is 4. The van der Waals surface area contributed by atoms with Crippen LogP contribution in [0.1, 0.15) is 41.7 Å². The summed E-state index contributed by atoms with van der Waals surface area (Å²) < 4.78 is 26.9. The summed E-state index contributed by atoms with van der Waals surface area (Å²) in [5.74, 6) is -1.11. The lowest BCUT2D eigenvalue weighted by Gasteiger charge is -2.22. The van der Waals surface area contributed by atoms with E-state index in [-0.39, 0.29) is 15.2 Å². The van der Waals surface area contributed by atoms with Gasteiger partial charge in [-0.15, -0.1) is 11.3 Å². The van der Waals surface area contributed by atoms with Gasteiger partial charge in [0.2, 0.25) is 10.0 Å². The van der Waals surface area contributed by atoms with E-state index in [4.69, 9.17) is 5.11 Å². The fourth-order valence-electron chi connectivity index (χ4n) is 1.33. The van der Waals surface area contributed by atoms with Crippen molar-refractivity contribution in [2.75, 3.05) is 6.54 Å². The standard InChI is InChI=1S/C12H19NO4S2/c1-5-12(3,4)7-13-19(16,17)10-6-9(11(14)15)18-8(10)2/h6,13H,5,7H2,1-4H3,(H,14,15). The third kappa shape index (κ3) is 4.02. The molecule has 0 bridgehead atoms. The molecule has 5 nitrogen and oxygen atoms in total. The van der Waals surface area contributed by atoms with Gasteiger partial charge in [0, 0.05) is 11.4 Å². The molecule has 0 fully saturated rings. The molecule has 0 aromatic carbocycles. The van der Waals surface area contributed by atoms with Crippen molar-refractivity contribution in [3.63, 3.8) is 0 Å². The van der Waals surface area contributed by atoms with Crippen LogP contribution < -0.4 is 4.72 Å². The number of aromatic carboxylic acids is 1. The van der Waals surface area contributed by atoms with Gasteiger partial charge in [0.25, 0.3) is 0 Å². The minimum Gasteiger partial charge on any atom is -0.477 e. The molecule has 0 atom stereocenters. The normalized spacial score (nSPS) is 12.6. The molecular weight excluding hydrogens is 286 g/mol. The maximum atomic E-state index is 12.2. The molecule has 0 saturated carbocycles. The maximum Gasteiger partial charge on any atom is 0.345 e. The summed E-state index contributed by atoms with van der Waals surface area (Å²) in [7, 11) is -3.65. The van der Waals surface area contributed by atoms with Crippen LogP contribution in [0.4, 0.5) is 0 Å². The Kier molecular flexibility index (Phi) is 4.76. The predicted molar refractivity (Wildman–Crippen MR) is 75.3 cm³/mol. The number of thiophene rings is 1. The number of nitrogens with one attached hydrogen (secondary N) is 1. The minimum atomic E-state index is -3.65. The first-order valence-corrected chi connectivity index (χ1v) is 8.22. The van der Waals surface area contributed by atoms with Crippen LogP contribution in [0, 0.1) is 12.3 Å². The van der Waals surface area contributed by atoms with E-state index in [1.54, 1.807) is 6.92 Å². The zero-order chi connectivity index (χ0) is 14.8. The minimum absolute atomic E-state index is 0.0348. The Morgan fingerprint density at radius 1 is 1.47 bits per heavy atom. The summed E-state index contributed by atoms with van der Waals surface area (Å²) in [5, 5.41) is 8.88. The van der Waals surface area contributed by atoms with E-state index in [2.05, 4.69) is 4.72 Å². The molecule has 108 valence electrons. The van der Waals surface area contributed by atoms with Gasteiger partial charge >= 0.3 is 5.97 Å². The molecule has 0 radical (unpaired) electrons. The fraction of sp³-hybridized carbons (Fsp3) is 0.583. The number of aryl methyl sites for hydroxylation is 1. The highest BCUT2D eigenvalue weighted by atomic mass is 32.2. The van der Waals surface area contributed by atoms with Gasteiger partial charge in [0.15, 0.2) is 0 Å². The Balaban J connectivity index is 2.98. The van der Waals surface area contributed by atoms with Gasteiger partial charge in [0.05, 0.1) is 4.90 Å². The second-order valence-electron chi connectivity index (χ2n) is 5.18. The fourth-order valence-corrected chi connectivity index (χ4v) is 4.00. The molecule has 7 heteroatoms. The van der Waals surface area contributed by atoms with E-state index >= 15 is 0 Å². The zero-order valence-electron chi connectivity index (χ0n) is 11.5. The Morgan fingerprint density at radius 3 is 2.47 bits per heavy atom. The Hall–Kier alpha value is -0.920. The van der Waals surface area contributed by atoms with Crippen molar-refractivity contribution < 1.29 is 18.3 Å². The molecule has 0 aliphatic rings. The van der Waals surface area contributed by atoms with Crippen LogP contribution in [-0.4, -0.2) is 26.0 Å². The molecule has 1 aromatic heterocycles. The Labute approximate surface area is 117 Å². The Morgan fingerprint density at radius 2 is 2.05 bits per heavy atom. The van der Waals surface area contributed by atoms with Crippen molar-refractivity contribution >= 4 is 27.3 Å². The van der Waals surface area contributed by atoms with E-state index < -0.39 is 16.0 Å². The molecule has 0 saturated heterocycles. The zero-order valence-corrected chi connectivity index (χ0v) is 13.1. The summed E-state index contributed by atoms with van der Waals surface area (Å²) in [6, 6.07) is 1.21. The predicted octanol–water partition coefficient (Wildman–Crippen LogP) is 2.47. The highest BCUT2D eigenvalue weighted by molar-refractivity contribution is 7.89. The van der Waals surface area contributed by atoms with Gasteiger partial charge < -0.3 is 5.11 Å². The molecule has 1 aromatic rings. The molecule has 0 spiro atoms.